The Labute approximate surface area is 382 Å². The number of benzene rings is 9. The van der Waals surface area contributed by atoms with Crippen LogP contribution >= 0.6 is 0 Å². The average molecular weight is 858 g/mol. The minimum Gasteiger partial charge on any atom is -0.417 e. The predicted octanol–water partition coefficient (Wildman–Crippen LogP) is 14.6. The van der Waals surface area contributed by atoms with Gasteiger partial charge in [0.2, 0.25) is 17.8 Å². The average Bonchev–Trinajstić information content (AvgIpc) is 4.09. The quantitative estimate of drug-likeness (QED) is 0.165. The standard InChI is InChI=1S/C59H35N7O/c1-4-17-37(18-5-1)53-44-25-12-14-26-47(44)60-58(62-53)66-50-32-30-41(35-46(50)52-42-23-11-10-16-36(42)28-33-51(52)66)40-29-31-49-45(34-40)43-24-13-15-27-48(43)65(49)59-63-54(38-19-6-2-7-20-38)55-57(64-59)67-56(61-55)39-21-8-3-9-22-39/h1-35H. The predicted molar refractivity (Wildman–Crippen MR) is 271 cm³/mol. The molecule has 9 aromatic carbocycles. The fourth-order valence-electron chi connectivity index (χ4n) is 9.95. The van der Waals surface area contributed by atoms with Crippen molar-refractivity contribution in [3.05, 3.63) is 212 Å². The van der Waals surface area contributed by atoms with Crippen LogP contribution in [0.2, 0.25) is 0 Å². The molecule has 0 saturated heterocycles. The number of aromatic nitrogens is 7. The first-order valence-corrected chi connectivity index (χ1v) is 22.3. The minimum absolute atomic E-state index is 0.427. The van der Waals surface area contributed by atoms with Crippen LogP contribution in [0.5, 0.6) is 0 Å². The van der Waals surface area contributed by atoms with Gasteiger partial charge in [-0.3, -0.25) is 9.13 Å². The van der Waals surface area contributed by atoms with E-state index < -0.39 is 0 Å². The number of para-hydroxylation sites is 2. The van der Waals surface area contributed by atoms with Crippen LogP contribution in [-0.4, -0.2) is 34.1 Å². The van der Waals surface area contributed by atoms with Gasteiger partial charge in [0.05, 0.1) is 33.3 Å². The van der Waals surface area contributed by atoms with Crippen molar-refractivity contribution in [2.24, 2.45) is 0 Å². The van der Waals surface area contributed by atoms with Crippen LogP contribution in [0, 0.1) is 0 Å². The molecular formula is C59H35N7O. The van der Waals surface area contributed by atoms with Crippen LogP contribution in [0.1, 0.15) is 0 Å². The van der Waals surface area contributed by atoms with Crippen molar-refractivity contribution >= 4 is 76.5 Å². The van der Waals surface area contributed by atoms with Crippen molar-refractivity contribution in [2.75, 3.05) is 0 Å². The first-order valence-electron chi connectivity index (χ1n) is 22.3. The van der Waals surface area contributed by atoms with E-state index in [1.54, 1.807) is 0 Å². The summed E-state index contributed by atoms with van der Waals surface area (Å²) in [7, 11) is 0. The maximum absolute atomic E-state index is 6.44. The van der Waals surface area contributed by atoms with E-state index >= 15 is 0 Å². The number of fused-ring (bicyclic) bond motifs is 10. The van der Waals surface area contributed by atoms with E-state index in [0.29, 0.717) is 34.7 Å². The van der Waals surface area contributed by atoms with Crippen LogP contribution in [0.4, 0.5) is 0 Å². The van der Waals surface area contributed by atoms with Gasteiger partial charge in [-0.25, -0.2) is 19.9 Å². The second-order valence-corrected chi connectivity index (χ2v) is 16.9. The molecule has 0 atom stereocenters. The van der Waals surface area contributed by atoms with Gasteiger partial charge in [-0.1, -0.05) is 158 Å². The third kappa shape index (κ3) is 5.83. The van der Waals surface area contributed by atoms with Crippen LogP contribution in [-0.2, 0) is 0 Å². The summed E-state index contributed by atoms with van der Waals surface area (Å²) in [5, 5.41) is 7.84. The Bertz CT molecular complexity index is 4270. The Morgan fingerprint density at radius 3 is 1.63 bits per heavy atom. The third-order valence-corrected chi connectivity index (χ3v) is 13.0. The maximum atomic E-state index is 6.44. The number of oxazole rings is 1. The number of nitrogens with zero attached hydrogens (tertiary/aromatic N) is 7. The van der Waals surface area contributed by atoms with E-state index in [2.05, 4.69) is 161 Å². The highest BCUT2D eigenvalue weighted by Gasteiger charge is 2.23. The van der Waals surface area contributed by atoms with Crippen molar-refractivity contribution in [2.45, 2.75) is 0 Å². The zero-order chi connectivity index (χ0) is 44.0. The van der Waals surface area contributed by atoms with Crippen molar-refractivity contribution < 1.29 is 4.42 Å². The van der Waals surface area contributed by atoms with Crippen molar-refractivity contribution in [1.29, 1.82) is 0 Å². The van der Waals surface area contributed by atoms with Crippen molar-refractivity contribution in [3.63, 3.8) is 0 Å². The highest BCUT2D eigenvalue weighted by Crippen LogP contribution is 2.41. The van der Waals surface area contributed by atoms with Gasteiger partial charge in [-0.2, -0.15) is 4.98 Å². The molecule has 0 spiro atoms. The summed E-state index contributed by atoms with van der Waals surface area (Å²) in [6.45, 7) is 0. The third-order valence-electron chi connectivity index (χ3n) is 13.0. The first kappa shape index (κ1) is 37.1. The summed E-state index contributed by atoms with van der Waals surface area (Å²) < 4.78 is 10.8. The molecule has 14 aromatic rings. The summed E-state index contributed by atoms with van der Waals surface area (Å²) in [5.41, 5.74) is 12.7. The second-order valence-electron chi connectivity index (χ2n) is 16.9. The van der Waals surface area contributed by atoms with E-state index in [9.17, 15) is 0 Å². The topological polar surface area (TPSA) is 87.5 Å². The SMILES string of the molecule is c1ccc(-c2nc3c(-c4ccccc4)nc(-n4c5ccccc5c5cc(-c6ccc7c(c6)c6c8ccccc8ccc6n7-c6nc(-c7ccccc7)c7ccccc7n6)ccc54)nc3o2)cc1. The van der Waals surface area contributed by atoms with Crippen LogP contribution in [0.15, 0.2) is 217 Å². The molecule has 0 aliphatic heterocycles. The Hall–Kier alpha value is -9.27. The van der Waals surface area contributed by atoms with Gasteiger partial charge in [0.15, 0.2) is 5.52 Å². The van der Waals surface area contributed by atoms with E-state index in [1.807, 2.05) is 60.7 Å². The van der Waals surface area contributed by atoms with Crippen molar-refractivity contribution in [1.82, 2.24) is 34.1 Å². The molecule has 0 unspecified atom stereocenters. The molecule has 0 radical (unpaired) electrons. The molecule has 0 fully saturated rings. The summed E-state index contributed by atoms with van der Waals surface area (Å²) >= 11 is 0. The smallest absolute Gasteiger partial charge is 0.252 e. The highest BCUT2D eigenvalue weighted by atomic mass is 16.4. The summed E-state index contributed by atoms with van der Waals surface area (Å²) in [6.07, 6.45) is 0. The Kier molecular flexibility index (Phi) is 8.11. The molecule has 8 heteroatoms. The zero-order valence-electron chi connectivity index (χ0n) is 35.7. The molecule has 14 rings (SSSR count). The van der Waals surface area contributed by atoms with Crippen LogP contribution in [0.3, 0.4) is 0 Å². The molecule has 0 aliphatic carbocycles. The Morgan fingerprint density at radius 1 is 0.328 bits per heavy atom. The van der Waals surface area contributed by atoms with Gasteiger partial charge in [-0.15, -0.1) is 0 Å². The zero-order valence-corrected chi connectivity index (χ0v) is 35.7. The molecule has 67 heavy (non-hydrogen) atoms. The maximum Gasteiger partial charge on any atom is 0.252 e. The van der Waals surface area contributed by atoms with E-state index in [-0.39, 0.29) is 0 Å². The lowest BCUT2D eigenvalue weighted by Gasteiger charge is -2.12. The van der Waals surface area contributed by atoms with Crippen LogP contribution < -0.4 is 0 Å². The molecular weight excluding hydrogens is 823 g/mol. The van der Waals surface area contributed by atoms with Crippen LogP contribution in [0.25, 0.3) is 134 Å². The Morgan fingerprint density at radius 2 is 0.866 bits per heavy atom. The monoisotopic (exact) mass is 857 g/mol. The second kappa shape index (κ2) is 14.6. The van der Waals surface area contributed by atoms with E-state index in [1.165, 1.54) is 10.8 Å². The van der Waals surface area contributed by atoms with E-state index in [4.69, 9.17) is 29.3 Å². The Balaban J connectivity index is 0.969. The minimum atomic E-state index is 0.427. The number of rotatable bonds is 6. The summed E-state index contributed by atoms with van der Waals surface area (Å²) in [6, 6.07) is 73.7. The number of hydrogen-bond acceptors (Lipinski definition) is 6. The molecule has 312 valence electrons. The van der Waals surface area contributed by atoms with Gasteiger partial charge in [0.25, 0.3) is 5.71 Å². The summed E-state index contributed by atoms with van der Waals surface area (Å²) in [5.74, 6) is 1.64. The molecule has 0 aliphatic rings. The van der Waals surface area contributed by atoms with Gasteiger partial charge < -0.3 is 4.42 Å². The van der Waals surface area contributed by atoms with E-state index in [0.717, 1.165) is 88.0 Å². The van der Waals surface area contributed by atoms with Gasteiger partial charge in [-0.05, 0) is 76.5 Å². The molecule has 8 nitrogen and oxygen atoms in total. The lowest BCUT2D eigenvalue weighted by atomic mass is 9.99. The van der Waals surface area contributed by atoms with Gasteiger partial charge >= 0.3 is 0 Å². The molecule has 5 aromatic heterocycles. The lowest BCUT2D eigenvalue weighted by Crippen LogP contribution is -2.03. The lowest BCUT2D eigenvalue weighted by molar-refractivity contribution is 0.606. The first-order chi connectivity index (χ1) is 33.2. The van der Waals surface area contributed by atoms with Gasteiger partial charge in [0, 0.05) is 43.6 Å². The number of hydrogen-bond donors (Lipinski definition) is 0. The molecule has 0 N–H and O–H groups in total. The fraction of sp³-hybridized carbons (Fsp3) is 0. The molecule has 0 amide bonds. The summed E-state index contributed by atoms with van der Waals surface area (Å²) in [4.78, 5) is 25.9. The van der Waals surface area contributed by atoms with Gasteiger partial charge in [0.1, 0.15) is 5.69 Å². The van der Waals surface area contributed by atoms with Crippen molar-refractivity contribution in [3.8, 4) is 57.0 Å². The normalized spacial score (nSPS) is 11.9. The molecule has 0 bridgehead atoms. The highest BCUT2D eigenvalue weighted by molar-refractivity contribution is 6.22. The molecule has 0 saturated carbocycles. The fourth-order valence-corrected chi connectivity index (χ4v) is 9.95. The molecule has 5 heterocycles. The largest absolute Gasteiger partial charge is 0.417 e.